The topological polar surface area (TPSA) is 96.2 Å². The molecule has 0 radical (unpaired) electrons. The Morgan fingerprint density at radius 3 is 3.13 bits per heavy atom. The van der Waals surface area contributed by atoms with Gasteiger partial charge in [-0.25, -0.2) is 9.78 Å². The molecule has 0 spiro atoms. The van der Waals surface area contributed by atoms with Crippen LogP contribution in [0.1, 0.15) is 37.9 Å². The van der Waals surface area contributed by atoms with Crippen LogP contribution < -0.4 is 0 Å². The molecule has 0 bridgehead atoms. The first-order valence-corrected chi connectivity index (χ1v) is 7.77. The van der Waals surface area contributed by atoms with Crippen molar-refractivity contribution in [3.63, 3.8) is 0 Å². The summed E-state index contributed by atoms with van der Waals surface area (Å²) in [5.41, 5.74) is 3.45. The van der Waals surface area contributed by atoms with Gasteiger partial charge in [-0.1, -0.05) is 18.9 Å². The number of rotatable bonds is 3. The summed E-state index contributed by atoms with van der Waals surface area (Å²) in [6.45, 7) is 2.14. The number of nitrogens with one attached hydrogen (secondary N) is 1. The van der Waals surface area contributed by atoms with Gasteiger partial charge in [0.1, 0.15) is 5.82 Å². The van der Waals surface area contributed by atoms with Crippen molar-refractivity contribution >= 4 is 22.8 Å². The molecule has 3 aromatic rings. The number of carbonyl (C=O) groups is 1. The minimum Gasteiger partial charge on any atom is -0.478 e. The van der Waals surface area contributed by atoms with E-state index in [1.165, 1.54) is 6.08 Å². The fraction of sp³-hybridized carbons (Fsp3) is 0.375. The Morgan fingerprint density at radius 2 is 2.35 bits per heavy atom. The maximum atomic E-state index is 11.0. The predicted molar refractivity (Wildman–Crippen MR) is 84.1 cm³/mol. The maximum Gasteiger partial charge on any atom is 0.328 e. The Labute approximate surface area is 132 Å². The van der Waals surface area contributed by atoms with Gasteiger partial charge in [0.25, 0.3) is 0 Å². The number of allylic oxidation sites excluding steroid dienone is 1. The van der Waals surface area contributed by atoms with Gasteiger partial charge in [0.2, 0.25) is 0 Å². The van der Waals surface area contributed by atoms with Crippen molar-refractivity contribution in [1.82, 2.24) is 24.6 Å². The number of nitrogens with zero attached hydrogens (tertiary/aromatic N) is 4. The van der Waals surface area contributed by atoms with E-state index in [0.717, 1.165) is 47.5 Å². The highest BCUT2D eigenvalue weighted by Crippen LogP contribution is 2.44. The second-order valence-corrected chi connectivity index (χ2v) is 6.05. The number of hydrogen-bond donors (Lipinski definition) is 2. The third-order valence-corrected chi connectivity index (χ3v) is 4.73. The van der Waals surface area contributed by atoms with Crippen LogP contribution in [0.25, 0.3) is 16.8 Å². The minimum atomic E-state index is -0.876. The van der Waals surface area contributed by atoms with Gasteiger partial charge in [-0.15, -0.1) is 10.2 Å². The van der Waals surface area contributed by atoms with Gasteiger partial charge in [0, 0.05) is 18.2 Å². The van der Waals surface area contributed by atoms with E-state index in [2.05, 4.69) is 27.1 Å². The molecule has 0 saturated heterocycles. The largest absolute Gasteiger partial charge is 0.478 e. The molecule has 1 aliphatic rings. The Morgan fingerprint density at radius 1 is 1.48 bits per heavy atom. The van der Waals surface area contributed by atoms with Gasteiger partial charge < -0.3 is 10.1 Å². The Balaban J connectivity index is 1.85. The highest BCUT2D eigenvalue weighted by molar-refractivity contribution is 5.80. The van der Waals surface area contributed by atoms with Crippen LogP contribution in [0.2, 0.25) is 0 Å². The first kappa shape index (κ1) is 13.9. The van der Waals surface area contributed by atoms with Gasteiger partial charge in [0.15, 0.2) is 11.3 Å². The molecule has 0 aliphatic heterocycles. The number of aromatic amines is 1. The summed E-state index contributed by atoms with van der Waals surface area (Å²) < 4.78 is 2.04. The van der Waals surface area contributed by atoms with E-state index in [9.17, 15) is 4.79 Å². The summed E-state index contributed by atoms with van der Waals surface area (Å²) in [4.78, 5) is 18.4. The summed E-state index contributed by atoms with van der Waals surface area (Å²) in [6, 6.07) is 1.96. The number of carboxylic acids is 1. The van der Waals surface area contributed by atoms with Gasteiger partial charge in [0.05, 0.1) is 11.7 Å². The van der Waals surface area contributed by atoms with Crippen LogP contribution >= 0.6 is 0 Å². The van der Waals surface area contributed by atoms with E-state index in [1.807, 2.05) is 16.7 Å². The lowest BCUT2D eigenvalue weighted by atomic mass is 9.93. The number of aromatic nitrogens is 5. The maximum absolute atomic E-state index is 11.0. The second-order valence-electron chi connectivity index (χ2n) is 6.05. The third-order valence-electron chi connectivity index (χ3n) is 4.73. The normalized spacial score (nSPS) is 23.3. The molecule has 1 fully saturated rings. The predicted octanol–water partition coefficient (Wildman–Crippen LogP) is 2.52. The Bertz CT molecular complexity index is 923. The number of aliphatic carboxylic acids is 1. The van der Waals surface area contributed by atoms with E-state index in [-0.39, 0.29) is 5.92 Å². The van der Waals surface area contributed by atoms with E-state index < -0.39 is 5.97 Å². The lowest BCUT2D eigenvalue weighted by Gasteiger charge is -2.15. The van der Waals surface area contributed by atoms with Crippen molar-refractivity contribution in [3.8, 4) is 0 Å². The van der Waals surface area contributed by atoms with Crippen LogP contribution in [0.4, 0.5) is 0 Å². The molecule has 4 rings (SSSR count). The molecule has 118 valence electrons. The van der Waals surface area contributed by atoms with Gasteiger partial charge in [-0.2, -0.15) is 0 Å². The molecule has 7 heteroatoms. The van der Waals surface area contributed by atoms with Crippen LogP contribution in [-0.4, -0.2) is 35.6 Å². The molecule has 1 saturated carbocycles. The molecule has 2 atom stereocenters. The summed E-state index contributed by atoms with van der Waals surface area (Å²) >= 11 is 0. The van der Waals surface area contributed by atoms with Crippen LogP contribution in [0.15, 0.2) is 30.1 Å². The standard InChI is InChI=1S/C16H17N5O2/c1-2-10-5-9(7-14(22)23)6-11(10)16-20-19-13-8-18-15-12(21(13)16)3-4-17-15/h3-4,7-8,10-11,17H,2,5-6H2,1H3,(H,22,23)/t10-,11+/m1/s1. The molecule has 1 aliphatic carbocycles. The summed E-state index contributed by atoms with van der Waals surface area (Å²) in [6.07, 6.45) is 7.42. The Hall–Kier alpha value is -2.70. The van der Waals surface area contributed by atoms with E-state index >= 15 is 0 Å². The van der Waals surface area contributed by atoms with Crippen molar-refractivity contribution in [2.45, 2.75) is 32.1 Å². The van der Waals surface area contributed by atoms with Crippen LogP contribution in [-0.2, 0) is 4.79 Å². The first-order valence-electron chi connectivity index (χ1n) is 7.77. The Kier molecular flexibility index (Phi) is 3.14. The molecular weight excluding hydrogens is 294 g/mol. The van der Waals surface area contributed by atoms with Crippen LogP contribution in [0.3, 0.4) is 0 Å². The quantitative estimate of drug-likeness (QED) is 0.725. The second kappa shape index (κ2) is 5.19. The zero-order chi connectivity index (χ0) is 16.0. The average molecular weight is 311 g/mol. The first-order chi connectivity index (χ1) is 11.2. The van der Waals surface area contributed by atoms with Gasteiger partial charge >= 0.3 is 5.97 Å². The summed E-state index contributed by atoms with van der Waals surface area (Å²) in [7, 11) is 0. The average Bonchev–Trinajstić information content (AvgIpc) is 3.22. The number of H-pyrrole nitrogens is 1. The highest BCUT2D eigenvalue weighted by Gasteiger charge is 2.34. The zero-order valence-electron chi connectivity index (χ0n) is 12.7. The van der Waals surface area contributed by atoms with Crippen molar-refractivity contribution in [1.29, 1.82) is 0 Å². The van der Waals surface area contributed by atoms with Crippen LogP contribution in [0.5, 0.6) is 0 Å². The highest BCUT2D eigenvalue weighted by atomic mass is 16.4. The lowest BCUT2D eigenvalue weighted by molar-refractivity contribution is -0.131. The number of hydrogen-bond acceptors (Lipinski definition) is 4. The molecule has 23 heavy (non-hydrogen) atoms. The zero-order valence-corrected chi connectivity index (χ0v) is 12.7. The number of carboxylic acid groups (broad SMARTS) is 1. The van der Waals surface area contributed by atoms with Crippen molar-refractivity contribution in [2.24, 2.45) is 5.92 Å². The number of fused-ring (bicyclic) bond motifs is 3. The fourth-order valence-electron chi connectivity index (χ4n) is 3.67. The molecule has 7 nitrogen and oxygen atoms in total. The SMILES string of the molecule is CC[C@@H]1CC(=CC(=O)O)C[C@@H]1c1nnc2cnc3[nH]ccc3n12. The summed E-state index contributed by atoms with van der Waals surface area (Å²) in [5, 5.41) is 17.7. The third kappa shape index (κ3) is 2.19. The van der Waals surface area contributed by atoms with Crippen molar-refractivity contribution in [3.05, 3.63) is 35.9 Å². The monoisotopic (exact) mass is 311 g/mol. The van der Waals surface area contributed by atoms with Crippen molar-refractivity contribution < 1.29 is 9.90 Å². The van der Waals surface area contributed by atoms with Crippen LogP contribution in [0, 0.1) is 5.92 Å². The molecule has 3 aromatic heterocycles. The van der Waals surface area contributed by atoms with E-state index in [0.29, 0.717) is 5.92 Å². The van der Waals surface area contributed by atoms with Gasteiger partial charge in [-0.05, 0) is 24.8 Å². The van der Waals surface area contributed by atoms with Gasteiger partial charge in [-0.3, -0.25) is 4.40 Å². The molecule has 2 N–H and O–H groups in total. The summed E-state index contributed by atoms with van der Waals surface area (Å²) in [5.74, 6) is 0.586. The lowest BCUT2D eigenvalue weighted by Crippen LogP contribution is -2.09. The van der Waals surface area contributed by atoms with Crippen molar-refractivity contribution in [2.75, 3.05) is 0 Å². The molecule has 0 aromatic carbocycles. The smallest absolute Gasteiger partial charge is 0.328 e. The van der Waals surface area contributed by atoms with E-state index in [4.69, 9.17) is 5.11 Å². The molecule has 0 unspecified atom stereocenters. The molecular formula is C16H17N5O2. The molecule has 0 amide bonds. The fourth-order valence-corrected chi connectivity index (χ4v) is 3.67. The van der Waals surface area contributed by atoms with E-state index in [1.54, 1.807) is 6.20 Å². The minimum absolute atomic E-state index is 0.182. The molecule has 3 heterocycles.